The predicted octanol–water partition coefficient (Wildman–Crippen LogP) is -0.0390. The SMILES string of the molecule is COC1(CNC(=O)N2CSCC2C(=O)O)CCOC1. The van der Waals surface area contributed by atoms with E-state index in [1.165, 1.54) is 16.7 Å². The van der Waals surface area contributed by atoms with Crippen LogP contribution < -0.4 is 5.32 Å². The summed E-state index contributed by atoms with van der Waals surface area (Å²) in [5.74, 6) is -0.133. The molecule has 0 aromatic heterocycles. The lowest BCUT2D eigenvalue weighted by Gasteiger charge is -2.28. The third-order valence-corrected chi connectivity index (χ3v) is 4.50. The molecule has 2 amide bonds. The number of methoxy groups -OCH3 is 1. The van der Waals surface area contributed by atoms with Gasteiger partial charge in [0.25, 0.3) is 0 Å². The molecule has 8 heteroatoms. The maximum Gasteiger partial charge on any atom is 0.327 e. The summed E-state index contributed by atoms with van der Waals surface area (Å²) in [4.78, 5) is 24.4. The summed E-state index contributed by atoms with van der Waals surface area (Å²) in [5.41, 5.74) is -0.485. The Morgan fingerprint density at radius 3 is 3.00 bits per heavy atom. The van der Waals surface area contributed by atoms with Crippen molar-refractivity contribution in [3.8, 4) is 0 Å². The number of aliphatic carboxylic acids is 1. The third kappa shape index (κ3) is 3.13. The van der Waals surface area contributed by atoms with Crippen molar-refractivity contribution in [2.24, 2.45) is 0 Å². The Morgan fingerprint density at radius 2 is 2.42 bits per heavy atom. The summed E-state index contributed by atoms with van der Waals surface area (Å²) < 4.78 is 10.7. The van der Waals surface area contributed by atoms with Crippen LogP contribution in [0.2, 0.25) is 0 Å². The lowest BCUT2D eigenvalue weighted by Crippen LogP contribution is -2.52. The van der Waals surface area contributed by atoms with Crippen molar-refractivity contribution in [3.63, 3.8) is 0 Å². The highest BCUT2D eigenvalue weighted by molar-refractivity contribution is 7.99. The third-order valence-electron chi connectivity index (χ3n) is 3.49. The number of thioether (sulfide) groups is 1. The molecule has 2 N–H and O–H groups in total. The van der Waals surface area contributed by atoms with Gasteiger partial charge < -0.3 is 24.8 Å². The topological polar surface area (TPSA) is 88.1 Å². The Balaban J connectivity index is 1.88. The molecule has 2 saturated heterocycles. The molecule has 2 aliphatic rings. The summed E-state index contributed by atoms with van der Waals surface area (Å²) in [5, 5.41) is 11.8. The summed E-state index contributed by atoms with van der Waals surface area (Å²) in [6.07, 6.45) is 0.723. The molecular weight excluding hydrogens is 272 g/mol. The first-order chi connectivity index (χ1) is 9.08. The predicted molar refractivity (Wildman–Crippen MR) is 69.2 cm³/mol. The van der Waals surface area contributed by atoms with Gasteiger partial charge in [0.15, 0.2) is 0 Å². The van der Waals surface area contributed by atoms with E-state index in [4.69, 9.17) is 14.6 Å². The van der Waals surface area contributed by atoms with Crippen LogP contribution in [-0.2, 0) is 14.3 Å². The molecule has 7 nitrogen and oxygen atoms in total. The molecule has 0 aliphatic carbocycles. The standard InChI is InChI=1S/C11H18N2O5S/c1-17-11(2-3-18-6-11)5-12-10(16)13-7-19-4-8(13)9(14)15/h8H,2-7H2,1H3,(H,12,16)(H,14,15). The van der Waals surface area contributed by atoms with Gasteiger partial charge >= 0.3 is 12.0 Å². The van der Waals surface area contributed by atoms with Crippen molar-refractivity contribution in [3.05, 3.63) is 0 Å². The molecule has 0 radical (unpaired) electrons. The van der Waals surface area contributed by atoms with Crippen LogP contribution in [-0.4, -0.2) is 72.1 Å². The smallest absolute Gasteiger partial charge is 0.327 e. The highest BCUT2D eigenvalue weighted by atomic mass is 32.2. The number of nitrogens with one attached hydrogen (secondary N) is 1. The minimum atomic E-state index is -0.967. The van der Waals surface area contributed by atoms with Crippen LogP contribution in [0.15, 0.2) is 0 Å². The van der Waals surface area contributed by atoms with Gasteiger partial charge in [-0.25, -0.2) is 9.59 Å². The van der Waals surface area contributed by atoms with Gasteiger partial charge in [0.1, 0.15) is 11.6 Å². The minimum absolute atomic E-state index is 0.329. The van der Waals surface area contributed by atoms with E-state index in [1.54, 1.807) is 7.11 Å². The van der Waals surface area contributed by atoms with Crippen LogP contribution >= 0.6 is 11.8 Å². The van der Waals surface area contributed by atoms with E-state index in [-0.39, 0.29) is 6.03 Å². The van der Waals surface area contributed by atoms with Crippen molar-refractivity contribution >= 4 is 23.8 Å². The Labute approximate surface area is 115 Å². The van der Waals surface area contributed by atoms with Crippen LogP contribution in [0, 0.1) is 0 Å². The van der Waals surface area contributed by atoms with Crippen LogP contribution in [0.25, 0.3) is 0 Å². The fraction of sp³-hybridized carbons (Fsp3) is 0.818. The van der Waals surface area contributed by atoms with E-state index in [0.29, 0.717) is 31.4 Å². The van der Waals surface area contributed by atoms with Gasteiger partial charge in [0.05, 0.1) is 19.0 Å². The van der Waals surface area contributed by atoms with Crippen molar-refractivity contribution < 1.29 is 24.2 Å². The molecule has 0 aromatic carbocycles. The molecule has 2 unspecified atom stereocenters. The monoisotopic (exact) mass is 290 g/mol. The number of rotatable bonds is 4. The second-order valence-electron chi connectivity index (χ2n) is 4.67. The van der Waals surface area contributed by atoms with E-state index < -0.39 is 17.6 Å². The Morgan fingerprint density at radius 1 is 1.63 bits per heavy atom. The van der Waals surface area contributed by atoms with Crippen molar-refractivity contribution in [2.75, 3.05) is 38.5 Å². The highest BCUT2D eigenvalue weighted by Crippen LogP contribution is 2.23. The maximum atomic E-state index is 12.0. The number of ether oxygens (including phenoxy) is 2. The molecule has 0 spiro atoms. The number of hydrogen-bond acceptors (Lipinski definition) is 5. The summed E-state index contributed by atoms with van der Waals surface area (Å²) in [6, 6.07) is -1.11. The van der Waals surface area contributed by atoms with Crippen LogP contribution in [0.3, 0.4) is 0 Å². The highest BCUT2D eigenvalue weighted by Gasteiger charge is 2.38. The minimum Gasteiger partial charge on any atom is -0.480 e. The second-order valence-corrected chi connectivity index (χ2v) is 5.67. The van der Waals surface area contributed by atoms with Gasteiger partial charge in [-0.1, -0.05) is 0 Å². The van der Waals surface area contributed by atoms with E-state index in [9.17, 15) is 9.59 Å². The number of urea groups is 1. The zero-order chi connectivity index (χ0) is 13.9. The van der Waals surface area contributed by atoms with Gasteiger partial charge in [-0.2, -0.15) is 0 Å². The van der Waals surface area contributed by atoms with Gasteiger partial charge in [0, 0.05) is 25.9 Å². The van der Waals surface area contributed by atoms with Crippen LogP contribution in [0.5, 0.6) is 0 Å². The quantitative estimate of drug-likeness (QED) is 0.755. The van der Waals surface area contributed by atoms with E-state index in [1.807, 2.05) is 0 Å². The normalized spacial score (nSPS) is 30.6. The number of amides is 2. The average Bonchev–Trinajstić information content (AvgIpc) is 3.05. The maximum absolute atomic E-state index is 12.0. The summed E-state index contributed by atoms with van der Waals surface area (Å²) >= 11 is 1.44. The van der Waals surface area contributed by atoms with Gasteiger partial charge in [-0.3, -0.25) is 0 Å². The molecule has 2 aliphatic heterocycles. The van der Waals surface area contributed by atoms with Crippen LogP contribution in [0.1, 0.15) is 6.42 Å². The first-order valence-electron chi connectivity index (χ1n) is 6.06. The number of carbonyl (C=O) groups excluding carboxylic acids is 1. The van der Waals surface area contributed by atoms with Crippen molar-refractivity contribution in [1.29, 1.82) is 0 Å². The van der Waals surface area contributed by atoms with Crippen LogP contribution in [0.4, 0.5) is 4.79 Å². The Hall–Kier alpha value is -0.990. The molecule has 19 heavy (non-hydrogen) atoms. The summed E-state index contributed by atoms with van der Waals surface area (Å²) in [6.45, 7) is 1.39. The summed E-state index contributed by atoms with van der Waals surface area (Å²) in [7, 11) is 1.59. The van der Waals surface area contributed by atoms with Gasteiger partial charge in [-0.15, -0.1) is 11.8 Å². The number of carbonyl (C=O) groups is 2. The Kier molecular flexibility index (Phi) is 4.54. The van der Waals surface area contributed by atoms with Crippen molar-refractivity contribution in [2.45, 2.75) is 18.1 Å². The van der Waals surface area contributed by atoms with E-state index in [0.717, 1.165) is 6.42 Å². The zero-order valence-corrected chi connectivity index (χ0v) is 11.6. The van der Waals surface area contributed by atoms with E-state index >= 15 is 0 Å². The molecule has 0 aromatic rings. The van der Waals surface area contributed by atoms with Gasteiger partial charge in [0.2, 0.25) is 0 Å². The number of carboxylic acids is 1. The molecular formula is C11H18N2O5S. The first-order valence-corrected chi connectivity index (χ1v) is 7.21. The fourth-order valence-electron chi connectivity index (χ4n) is 2.15. The zero-order valence-electron chi connectivity index (χ0n) is 10.8. The number of nitrogens with zero attached hydrogens (tertiary/aromatic N) is 1. The lowest BCUT2D eigenvalue weighted by atomic mass is 10.0. The number of carboxylic acid groups (broad SMARTS) is 1. The van der Waals surface area contributed by atoms with Crippen molar-refractivity contribution in [1.82, 2.24) is 10.2 Å². The first kappa shape index (κ1) is 14.4. The van der Waals surface area contributed by atoms with E-state index in [2.05, 4.69) is 5.32 Å². The Bertz CT molecular complexity index is 359. The second kappa shape index (κ2) is 5.98. The molecule has 2 fully saturated rings. The lowest BCUT2D eigenvalue weighted by molar-refractivity contribution is -0.140. The molecule has 2 atom stereocenters. The molecule has 0 saturated carbocycles. The molecule has 108 valence electrons. The largest absolute Gasteiger partial charge is 0.480 e. The molecule has 0 bridgehead atoms. The van der Waals surface area contributed by atoms with Gasteiger partial charge in [-0.05, 0) is 0 Å². The molecule has 2 rings (SSSR count). The molecule has 2 heterocycles. The average molecular weight is 290 g/mol. The fourth-order valence-corrected chi connectivity index (χ4v) is 3.29. The number of hydrogen-bond donors (Lipinski definition) is 2.